The standard InChI is InChI=1S/C27H23F4N5O/c1-17-11-18(2)24(35-9-10-36-25(35)14-23(34-36)20-6-4-8-32-16-20)13-22(17)33-15-19-5-3-7-21(12-19)37-27(30,31)26(28)29/h3-14,16,26,33H,15H2,1-2H3. The van der Waals surface area contributed by atoms with Gasteiger partial charge in [-0.2, -0.15) is 22.7 Å². The van der Waals surface area contributed by atoms with Crippen molar-refractivity contribution < 1.29 is 22.3 Å². The molecular formula is C27H23F4N5O. The van der Waals surface area contributed by atoms with Crippen molar-refractivity contribution in [2.24, 2.45) is 0 Å². The Balaban J connectivity index is 1.40. The fourth-order valence-corrected chi connectivity index (χ4v) is 4.15. The maximum atomic E-state index is 13.3. The van der Waals surface area contributed by atoms with Gasteiger partial charge in [0.2, 0.25) is 0 Å². The van der Waals surface area contributed by atoms with Gasteiger partial charge in [-0.15, -0.1) is 0 Å². The lowest BCUT2D eigenvalue weighted by atomic mass is 10.1. The molecule has 5 rings (SSSR count). The zero-order chi connectivity index (χ0) is 26.2. The fourth-order valence-electron chi connectivity index (χ4n) is 4.15. The number of aryl methyl sites for hydroxylation is 2. The van der Waals surface area contributed by atoms with Crippen molar-refractivity contribution in [3.63, 3.8) is 0 Å². The molecule has 10 heteroatoms. The summed E-state index contributed by atoms with van der Waals surface area (Å²) in [6.45, 7) is 4.26. The summed E-state index contributed by atoms with van der Waals surface area (Å²) < 4.78 is 59.6. The molecule has 37 heavy (non-hydrogen) atoms. The molecule has 1 N–H and O–H groups in total. The summed E-state index contributed by atoms with van der Waals surface area (Å²) in [7, 11) is 0. The number of hydrogen-bond donors (Lipinski definition) is 1. The number of fused-ring (bicyclic) bond motifs is 1. The number of hydrogen-bond acceptors (Lipinski definition) is 4. The molecule has 0 aliphatic carbocycles. The van der Waals surface area contributed by atoms with Gasteiger partial charge in [0.25, 0.3) is 0 Å². The molecule has 3 heterocycles. The van der Waals surface area contributed by atoms with E-state index in [-0.39, 0.29) is 12.3 Å². The van der Waals surface area contributed by atoms with Crippen molar-refractivity contribution in [1.29, 1.82) is 0 Å². The quantitative estimate of drug-likeness (QED) is 0.238. The van der Waals surface area contributed by atoms with Crippen LogP contribution in [0.3, 0.4) is 0 Å². The molecule has 0 aliphatic heterocycles. The summed E-state index contributed by atoms with van der Waals surface area (Å²) in [6.07, 6.45) is -1.19. The van der Waals surface area contributed by atoms with E-state index in [2.05, 4.69) is 26.2 Å². The predicted molar refractivity (Wildman–Crippen MR) is 133 cm³/mol. The summed E-state index contributed by atoms with van der Waals surface area (Å²) >= 11 is 0. The van der Waals surface area contributed by atoms with E-state index in [0.29, 0.717) is 5.56 Å². The Morgan fingerprint density at radius 3 is 2.59 bits per heavy atom. The van der Waals surface area contributed by atoms with E-state index in [0.717, 1.165) is 39.4 Å². The Bertz CT molecular complexity index is 1550. The van der Waals surface area contributed by atoms with Crippen LogP contribution < -0.4 is 10.1 Å². The Labute approximate surface area is 210 Å². The molecule has 0 saturated carbocycles. The third-order valence-corrected chi connectivity index (χ3v) is 5.97. The van der Waals surface area contributed by atoms with Crippen molar-refractivity contribution in [1.82, 2.24) is 19.2 Å². The first-order chi connectivity index (χ1) is 17.7. The first-order valence-corrected chi connectivity index (χ1v) is 11.5. The molecule has 0 aliphatic rings. The topological polar surface area (TPSA) is 56.4 Å². The summed E-state index contributed by atoms with van der Waals surface area (Å²) in [4.78, 5) is 4.16. The van der Waals surface area contributed by atoms with E-state index in [1.807, 2.05) is 55.1 Å². The number of pyridine rings is 1. The van der Waals surface area contributed by atoms with E-state index in [1.165, 1.54) is 18.2 Å². The van der Waals surface area contributed by atoms with E-state index in [1.54, 1.807) is 23.0 Å². The number of alkyl halides is 4. The van der Waals surface area contributed by atoms with Gasteiger partial charge >= 0.3 is 12.5 Å². The van der Waals surface area contributed by atoms with Crippen LogP contribution in [0.1, 0.15) is 16.7 Å². The molecule has 3 aromatic heterocycles. The summed E-state index contributed by atoms with van der Waals surface area (Å²) in [5.74, 6) is -0.328. The van der Waals surface area contributed by atoms with Crippen molar-refractivity contribution in [3.8, 4) is 22.7 Å². The van der Waals surface area contributed by atoms with E-state index in [4.69, 9.17) is 0 Å². The van der Waals surface area contributed by atoms with Gasteiger partial charge in [0.1, 0.15) is 11.4 Å². The van der Waals surface area contributed by atoms with Gasteiger partial charge in [-0.3, -0.25) is 9.55 Å². The zero-order valence-corrected chi connectivity index (χ0v) is 20.0. The van der Waals surface area contributed by atoms with E-state index >= 15 is 0 Å². The molecule has 190 valence electrons. The first kappa shape index (κ1) is 24.4. The normalized spacial score (nSPS) is 11.9. The van der Waals surface area contributed by atoms with Gasteiger partial charge in [0.15, 0.2) is 0 Å². The number of nitrogens with one attached hydrogen (secondary N) is 1. The van der Waals surface area contributed by atoms with Crippen LogP contribution in [0, 0.1) is 13.8 Å². The highest BCUT2D eigenvalue weighted by atomic mass is 19.3. The minimum absolute atomic E-state index is 0.277. The molecule has 0 unspecified atom stereocenters. The first-order valence-electron chi connectivity index (χ1n) is 11.5. The second kappa shape index (κ2) is 9.61. The number of ether oxygens (including phenoxy) is 1. The number of aromatic nitrogens is 4. The Hall–Kier alpha value is -4.34. The summed E-state index contributed by atoms with van der Waals surface area (Å²) in [5, 5.41) is 7.96. The largest absolute Gasteiger partial charge is 0.461 e. The lowest BCUT2D eigenvalue weighted by molar-refractivity contribution is -0.253. The van der Waals surface area contributed by atoms with Crippen LogP contribution in [0.15, 0.2) is 79.4 Å². The molecule has 0 fully saturated rings. The SMILES string of the molecule is Cc1cc(C)c(-n2ccn3nc(-c4cccnc4)cc23)cc1NCc1cccc(OC(F)(F)C(F)F)c1. The fraction of sp³-hybridized carbons (Fsp3) is 0.185. The average molecular weight is 510 g/mol. The Morgan fingerprint density at radius 1 is 1.00 bits per heavy atom. The highest BCUT2D eigenvalue weighted by Crippen LogP contribution is 2.30. The van der Waals surface area contributed by atoms with Crippen LogP contribution in [-0.4, -0.2) is 31.7 Å². The maximum absolute atomic E-state index is 13.3. The number of imidazole rings is 1. The Kier molecular flexibility index (Phi) is 6.32. The molecule has 0 bridgehead atoms. The van der Waals surface area contributed by atoms with Gasteiger partial charge < -0.3 is 10.1 Å². The molecular weight excluding hydrogens is 486 g/mol. The molecule has 5 aromatic rings. The van der Waals surface area contributed by atoms with E-state index in [9.17, 15) is 17.6 Å². The van der Waals surface area contributed by atoms with Crippen molar-refractivity contribution >= 4 is 11.3 Å². The Morgan fingerprint density at radius 2 is 1.84 bits per heavy atom. The average Bonchev–Trinajstić information content (AvgIpc) is 3.45. The van der Waals surface area contributed by atoms with Crippen LogP contribution in [0.2, 0.25) is 0 Å². The maximum Gasteiger partial charge on any atom is 0.461 e. The van der Waals surface area contributed by atoms with Gasteiger partial charge in [0, 0.05) is 48.6 Å². The zero-order valence-electron chi connectivity index (χ0n) is 20.0. The molecule has 2 aromatic carbocycles. The molecule has 0 saturated heterocycles. The van der Waals surface area contributed by atoms with Gasteiger partial charge in [0.05, 0.1) is 11.4 Å². The van der Waals surface area contributed by atoms with Crippen LogP contribution in [0.25, 0.3) is 22.6 Å². The van der Waals surface area contributed by atoms with E-state index < -0.39 is 12.5 Å². The molecule has 0 radical (unpaired) electrons. The third-order valence-electron chi connectivity index (χ3n) is 5.97. The minimum atomic E-state index is -4.55. The van der Waals surface area contributed by atoms with Gasteiger partial charge in [-0.1, -0.05) is 18.2 Å². The lowest BCUT2D eigenvalue weighted by Crippen LogP contribution is -2.33. The number of nitrogens with zero attached hydrogens (tertiary/aromatic N) is 4. The molecule has 0 amide bonds. The van der Waals surface area contributed by atoms with Crippen LogP contribution in [0.5, 0.6) is 5.75 Å². The number of rotatable bonds is 8. The number of benzene rings is 2. The van der Waals surface area contributed by atoms with Crippen molar-refractivity contribution in [2.45, 2.75) is 32.9 Å². The van der Waals surface area contributed by atoms with Gasteiger partial charge in [-0.05, 0) is 60.9 Å². The number of halogens is 4. The second-order valence-corrected chi connectivity index (χ2v) is 8.66. The van der Waals surface area contributed by atoms with Crippen LogP contribution in [0.4, 0.5) is 23.2 Å². The van der Waals surface area contributed by atoms with Gasteiger partial charge in [-0.25, -0.2) is 4.52 Å². The molecule has 0 atom stereocenters. The molecule has 0 spiro atoms. The smallest absolute Gasteiger partial charge is 0.428 e. The van der Waals surface area contributed by atoms with Crippen LogP contribution >= 0.6 is 0 Å². The monoisotopic (exact) mass is 509 g/mol. The lowest BCUT2D eigenvalue weighted by Gasteiger charge is -2.18. The third kappa shape index (κ3) is 5.00. The summed E-state index contributed by atoms with van der Waals surface area (Å²) in [6, 6.07) is 15.6. The number of anilines is 1. The molecule has 6 nitrogen and oxygen atoms in total. The second-order valence-electron chi connectivity index (χ2n) is 8.66. The highest BCUT2D eigenvalue weighted by Gasteiger charge is 2.43. The van der Waals surface area contributed by atoms with Crippen molar-refractivity contribution in [2.75, 3.05) is 5.32 Å². The van der Waals surface area contributed by atoms with Crippen LogP contribution in [-0.2, 0) is 6.54 Å². The summed E-state index contributed by atoms with van der Waals surface area (Å²) in [5.41, 5.74) is 7.02. The highest BCUT2D eigenvalue weighted by molar-refractivity contribution is 5.67. The minimum Gasteiger partial charge on any atom is -0.428 e. The predicted octanol–water partition coefficient (Wildman–Crippen LogP) is 6.65. The van der Waals surface area contributed by atoms with Crippen molar-refractivity contribution in [3.05, 3.63) is 96.1 Å².